The number of anilines is 4. The molecule has 0 aromatic heterocycles. The molecule has 0 aliphatic carbocycles. The van der Waals surface area contributed by atoms with E-state index in [-0.39, 0.29) is 60.6 Å². The van der Waals surface area contributed by atoms with E-state index in [0.29, 0.717) is 0 Å². The molecule has 3 aliphatic heterocycles. The summed E-state index contributed by atoms with van der Waals surface area (Å²) in [6.07, 6.45) is -1.01. The zero-order valence-electron chi connectivity index (χ0n) is 40.4. The number of ketones is 2. The summed E-state index contributed by atoms with van der Waals surface area (Å²) in [7, 11) is 0. The standard InChI is InChI=1S/C26H26N4O8.C25H24N4O9.CH4/c1-15-17(11-23(34)38-15)27-21(32)13-30-20-10-6-5-9-19(20)29(22(33)14-31)12-18(26(30)37)28-25(36)24(35)16-7-3-2-4-8-16;30-13-16(10-22(34)35)26-20(32)12-29-19-9-5-4-8-18(19)28(21(33)14-31)11-17(25(29)38)27-24(37)23(36)15-6-2-1-3-7-15;/h2-10,15,17-18,31H,11-14H2,1H3,(H,27,32)(H,28,36);1-9,13,16-17,31H,10-12,14H2,(H,26,32)(H,27,37)(H,34,35);1H4/t15?,17-,18-;16-,17-;/m00./s1. The minimum Gasteiger partial charge on any atom is -0.481 e. The number of nitrogens with one attached hydrogen (secondary N) is 4. The molecule has 0 saturated carbocycles. The number of cyclic esters (lactones) is 1. The SMILES string of the molecule is C.CC1OC(=O)C[C@@H]1NC(=O)CN1C(=O)[C@@H](NC(=O)C(=O)c2ccccc2)CN(C(=O)CO)c2ccccc21.O=C[C@H](CC(=O)O)NC(=O)CN1C(=O)[C@@H](NC(=O)C(=O)c2ccccc2)CN(C(=O)CO)c2ccccc21. The molecule has 7 rings (SSSR count). The number of rotatable bonds is 17. The number of esters is 1. The van der Waals surface area contributed by atoms with E-state index in [0.717, 1.165) is 19.6 Å². The molecule has 4 aromatic rings. The van der Waals surface area contributed by atoms with Crippen molar-refractivity contribution in [2.45, 2.75) is 57.5 Å². The lowest BCUT2D eigenvalue weighted by molar-refractivity contribution is -0.141. The van der Waals surface area contributed by atoms with Crippen LogP contribution in [0.1, 0.15) is 47.9 Å². The number of Topliss-reactive ketones (excluding diaryl/α,β-unsaturated/α-hetero) is 2. The van der Waals surface area contributed by atoms with E-state index < -0.39 is 140 Å². The molecule has 1 fully saturated rings. The van der Waals surface area contributed by atoms with Gasteiger partial charge in [0, 0.05) is 11.1 Å². The molecule has 4 aromatic carbocycles. The van der Waals surface area contributed by atoms with Crippen molar-refractivity contribution in [1.29, 1.82) is 0 Å². The average molecular weight is 1060 g/mol. The van der Waals surface area contributed by atoms with E-state index in [1.165, 1.54) is 54.6 Å². The van der Waals surface area contributed by atoms with Crippen LogP contribution in [-0.2, 0) is 57.5 Å². The highest BCUT2D eigenvalue weighted by molar-refractivity contribution is 6.43. The first-order valence-corrected chi connectivity index (χ1v) is 23.2. The summed E-state index contributed by atoms with van der Waals surface area (Å²) in [5.74, 6) is -10.5. The molecule has 77 heavy (non-hydrogen) atoms. The molecule has 0 bridgehead atoms. The second-order valence-electron chi connectivity index (χ2n) is 17.1. The zero-order valence-corrected chi connectivity index (χ0v) is 40.4. The fraction of sp³-hybridized carbons (Fsp3) is 0.288. The molecule has 8 amide bonds. The van der Waals surface area contributed by atoms with E-state index in [1.807, 2.05) is 0 Å². The minimum absolute atomic E-state index is 0. The van der Waals surface area contributed by atoms with E-state index in [9.17, 15) is 72.5 Å². The molecule has 25 nitrogen and oxygen atoms in total. The van der Waals surface area contributed by atoms with Gasteiger partial charge < -0.3 is 55.9 Å². The fourth-order valence-electron chi connectivity index (χ4n) is 8.21. The zero-order chi connectivity index (χ0) is 55.2. The van der Waals surface area contributed by atoms with Gasteiger partial charge in [0.25, 0.3) is 35.4 Å². The van der Waals surface area contributed by atoms with Crippen LogP contribution in [0.25, 0.3) is 0 Å². The maximum atomic E-state index is 13.7. The number of aliphatic carboxylic acids is 1. The number of carbonyl (C=O) groups is 13. The first-order chi connectivity index (χ1) is 36.3. The fourth-order valence-corrected chi connectivity index (χ4v) is 8.21. The van der Waals surface area contributed by atoms with Crippen LogP contribution in [0.3, 0.4) is 0 Å². The number of carboxylic acid groups (broad SMARTS) is 1. The van der Waals surface area contributed by atoms with Crippen molar-refractivity contribution in [3.8, 4) is 0 Å². The van der Waals surface area contributed by atoms with Gasteiger partial charge in [0.2, 0.25) is 23.4 Å². The summed E-state index contributed by atoms with van der Waals surface area (Å²) >= 11 is 0. The third kappa shape index (κ3) is 14.4. The quantitative estimate of drug-likeness (QED) is 0.0291. The second-order valence-corrected chi connectivity index (χ2v) is 17.1. The van der Waals surface area contributed by atoms with E-state index in [1.54, 1.807) is 61.5 Å². The van der Waals surface area contributed by atoms with Gasteiger partial charge in [-0.3, -0.25) is 67.3 Å². The van der Waals surface area contributed by atoms with E-state index >= 15 is 0 Å². The van der Waals surface area contributed by atoms with Crippen molar-refractivity contribution in [2.75, 3.05) is 59.0 Å². The van der Waals surface area contributed by atoms with Crippen molar-refractivity contribution in [1.82, 2.24) is 21.3 Å². The molecule has 5 atom stereocenters. The third-order valence-electron chi connectivity index (χ3n) is 11.9. The normalized spacial score (nSPS) is 17.9. The number of aliphatic hydroxyl groups excluding tert-OH is 2. The molecular weight excluding hydrogens is 1010 g/mol. The van der Waals surface area contributed by atoms with Crippen LogP contribution >= 0.6 is 0 Å². The highest BCUT2D eigenvalue weighted by atomic mass is 16.6. The topological polar surface area (TPSA) is 353 Å². The van der Waals surface area contributed by atoms with Crippen molar-refractivity contribution in [3.63, 3.8) is 0 Å². The Kier molecular flexibility index (Phi) is 20.2. The number of ether oxygens (including phenoxy) is 1. The Morgan fingerprint density at radius 1 is 0.610 bits per heavy atom. The Bertz CT molecular complexity index is 2940. The molecule has 404 valence electrons. The van der Waals surface area contributed by atoms with Crippen molar-refractivity contribution in [2.24, 2.45) is 0 Å². The van der Waals surface area contributed by atoms with Crippen LogP contribution in [0, 0.1) is 0 Å². The van der Waals surface area contributed by atoms with Crippen molar-refractivity contribution >= 4 is 99.8 Å². The minimum atomic E-state index is -1.51. The Morgan fingerprint density at radius 2 is 1.01 bits per heavy atom. The van der Waals surface area contributed by atoms with Crippen LogP contribution in [0.5, 0.6) is 0 Å². The van der Waals surface area contributed by atoms with E-state index in [2.05, 4.69) is 21.3 Å². The molecular formula is C52H54N8O17. The summed E-state index contributed by atoms with van der Waals surface area (Å²) in [4.78, 5) is 167. The number of benzene rings is 4. The van der Waals surface area contributed by atoms with Crippen molar-refractivity contribution in [3.05, 3.63) is 120 Å². The predicted molar refractivity (Wildman–Crippen MR) is 271 cm³/mol. The van der Waals surface area contributed by atoms with E-state index in [4.69, 9.17) is 9.84 Å². The van der Waals surface area contributed by atoms with Gasteiger partial charge in [-0.2, -0.15) is 0 Å². The second kappa shape index (κ2) is 26.6. The van der Waals surface area contributed by atoms with Gasteiger partial charge in [-0.25, -0.2) is 0 Å². The third-order valence-corrected chi connectivity index (χ3v) is 11.9. The van der Waals surface area contributed by atoms with Gasteiger partial charge in [-0.1, -0.05) is 92.4 Å². The summed E-state index contributed by atoms with van der Waals surface area (Å²) < 4.78 is 5.05. The largest absolute Gasteiger partial charge is 0.481 e. The maximum Gasteiger partial charge on any atom is 0.308 e. The monoisotopic (exact) mass is 1060 g/mol. The molecule has 0 radical (unpaired) electrons. The average Bonchev–Trinajstić information content (AvgIpc) is 3.63. The molecule has 7 N–H and O–H groups in total. The molecule has 1 saturated heterocycles. The maximum absolute atomic E-state index is 13.7. The van der Waals surface area contributed by atoms with Crippen LogP contribution in [-0.4, -0.2) is 162 Å². The lowest BCUT2D eigenvalue weighted by Gasteiger charge is -2.26. The smallest absolute Gasteiger partial charge is 0.308 e. The predicted octanol–water partition coefficient (Wildman–Crippen LogP) is -0.933. The number of para-hydroxylation sites is 4. The highest BCUT2D eigenvalue weighted by Crippen LogP contribution is 2.34. The first kappa shape index (κ1) is 58.4. The van der Waals surface area contributed by atoms with Crippen LogP contribution < -0.4 is 40.9 Å². The van der Waals surface area contributed by atoms with Crippen LogP contribution in [0.4, 0.5) is 22.7 Å². The number of amides is 8. The highest BCUT2D eigenvalue weighted by Gasteiger charge is 2.41. The van der Waals surface area contributed by atoms with Crippen molar-refractivity contribution < 1.29 is 82.4 Å². The van der Waals surface area contributed by atoms with Gasteiger partial charge >= 0.3 is 11.9 Å². The number of fused-ring (bicyclic) bond motifs is 2. The van der Waals surface area contributed by atoms with Crippen LogP contribution in [0.15, 0.2) is 109 Å². The van der Waals surface area contributed by atoms with Gasteiger partial charge in [-0.05, 0) is 31.2 Å². The van der Waals surface area contributed by atoms with Crippen LogP contribution in [0.2, 0.25) is 0 Å². The molecule has 0 spiro atoms. The lowest BCUT2D eigenvalue weighted by atomic mass is 10.1. The number of aliphatic hydroxyl groups is 2. The summed E-state index contributed by atoms with van der Waals surface area (Å²) in [6, 6.07) is 22.6. The summed E-state index contributed by atoms with van der Waals surface area (Å²) in [6.45, 7) is -2.23. The molecule has 1 unspecified atom stereocenters. The molecule has 25 heteroatoms. The lowest BCUT2D eigenvalue weighted by Crippen LogP contribution is -2.56. The van der Waals surface area contributed by atoms with Gasteiger partial charge in [-0.15, -0.1) is 0 Å². The summed E-state index contributed by atoms with van der Waals surface area (Å²) in [5, 5.41) is 37.6. The van der Waals surface area contributed by atoms with Gasteiger partial charge in [0.05, 0.1) is 60.8 Å². The molecule has 3 aliphatic rings. The Hall–Kier alpha value is -9.49. The number of aldehydes is 1. The Balaban J connectivity index is 0.000000280. The Morgan fingerprint density at radius 3 is 1.39 bits per heavy atom. The van der Waals surface area contributed by atoms with Gasteiger partial charge in [0.15, 0.2) is 0 Å². The molecule has 3 heterocycles. The first-order valence-electron chi connectivity index (χ1n) is 23.2. The number of carbonyl (C=O) groups excluding carboxylic acids is 12. The van der Waals surface area contributed by atoms with Gasteiger partial charge in [0.1, 0.15) is 50.8 Å². The number of carboxylic acids is 1. The summed E-state index contributed by atoms with van der Waals surface area (Å²) in [5.41, 5.74) is 0.792. The Labute approximate surface area is 439 Å². The number of hydrogen-bond acceptors (Lipinski definition) is 16. The number of hydrogen-bond donors (Lipinski definition) is 7. The number of nitrogens with zero attached hydrogens (tertiary/aromatic N) is 4.